The third-order valence-corrected chi connectivity index (χ3v) is 5.17. The molecule has 2 fully saturated rings. The lowest BCUT2D eigenvalue weighted by Crippen LogP contribution is -2.56. The van der Waals surface area contributed by atoms with Gasteiger partial charge in [0.1, 0.15) is 12.2 Å². The number of likely N-dealkylation sites (tertiary alicyclic amines) is 1. The van der Waals surface area contributed by atoms with Crippen LogP contribution >= 0.6 is 0 Å². The second kappa shape index (κ2) is 9.59. The number of esters is 1. The molecule has 0 radical (unpaired) electrons. The molecule has 2 heterocycles. The van der Waals surface area contributed by atoms with Gasteiger partial charge in [-0.05, 0) is 26.3 Å². The summed E-state index contributed by atoms with van der Waals surface area (Å²) in [6, 6.07) is 9.73. The zero-order valence-corrected chi connectivity index (χ0v) is 17.8. The molecule has 2 aliphatic heterocycles. The molecule has 0 N–H and O–H groups in total. The van der Waals surface area contributed by atoms with Gasteiger partial charge in [0.05, 0.1) is 6.54 Å². The van der Waals surface area contributed by atoms with Crippen LogP contribution in [0, 0.1) is 5.92 Å². The molecule has 0 atom stereocenters. The number of hydrogen-bond donors (Lipinski definition) is 0. The summed E-state index contributed by atoms with van der Waals surface area (Å²) in [4.78, 5) is 30.4. The van der Waals surface area contributed by atoms with E-state index in [9.17, 15) is 9.59 Å². The molecular weight excluding hydrogens is 370 g/mol. The van der Waals surface area contributed by atoms with Crippen molar-refractivity contribution in [2.45, 2.75) is 33.0 Å². The van der Waals surface area contributed by atoms with Crippen molar-refractivity contribution in [2.75, 3.05) is 52.4 Å². The first-order chi connectivity index (χ1) is 13.8. The number of nitrogens with zero attached hydrogens (tertiary/aromatic N) is 3. The molecule has 1 amide bonds. The van der Waals surface area contributed by atoms with Crippen molar-refractivity contribution in [3.05, 3.63) is 35.9 Å². The van der Waals surface area contributed by atoms with Crippen molar-refractivity contribution >= 4 is 12.1 Å². The van der Waals surface area contributed by atoms with Crippen LogP contribution in [0.2, 0.25) is 0 Å². The predicted molar refractivity (Wildman–Crippen MR) is 110 cm³/mol. The smallest absolute Gasteiger partial charge is 0.410 e. The Labute approximate surface area is 173 Å². The highest BCUT2D eigenvalue weighted by Gasteiger charge is 2.33. The van der Waals surface area contributed by atoms with Gasteiger partial charge in [-0.1, -0.05) is 30.3 Å². The van der Waals surface area contributed by atoms with Crippen LogP contribution in [0.1, 0.15) is 26.3 Å². The number of carbonyl (C=O) groups is 2. The highest BCUT2D eigenvalue weighted by Crippen LogP contribution is 2.19. The molecule has 7 heteroatoms. The van der Waals surface area contributed by atoms with Crippen LogP contribution < -0.4 is 0 Å². The highest BCUT2D eigenvalue weighted by atomic mass is 16.6. The van der Waals surface area contributed by atoms with Gasteiger partial charge in [0.15, 0.2) is 0 Å². The lowest BCUT2D eigenvalue weighted by atomic mass is 10.00. The van der Waals surface area contributed by atoms with E-state index in [0.29, 0.717) is 19.1 Å². The van der Waals surface area contributed by atoms with Crippen LogP contribution in [0.4, 0.5) is 4.79 Å². The van der Waals surface area contributed by atoms with E-state index in [0.717, 1.165) is 51.4 Å². The molecule has 0 saturated carbocycles. The standard InChI is InChI=1S/C22H33N3O4/c1-22(2,3)29-20(26)16-24-11-9-23(10-12-24)13-19-14-25(15-19)21(27)28-17-18-7-5-4-6-8-18/h4-8,19H,9-17H2,1-3H3. The van der Waals surface area contributed by atoms with E-state index in [-0.39, 0.29) is 12.1 Å². The number of benzene rings is 1. The molecule has 2 saturated heterocycles. The van der Waals surface area contributed by atoms with Crippen LogP contribution in [-0.2, 0) is 20.9 Å². The highest BCUT2D eigenvalue weighted by molar-refractivity contribution is 5.72. The number of carbonyl (C=O) groups excluding carboxylic acids is 2. The van der Waals surface area contributed by atoms with Gasteiger partial charge < -0.3 is 19.3 Å². The van der Waals surface area contributed by atoms with Gasteiger partial charge in [0.25, 0.3) is 0 Å². The molecule has 1 aromatic carbocycles. The van der Waals surface area contributed by atoms with Crippen molar-refractivity contribution in [1.82, 2.24) is 14.7 Å². The first-order valence-corrected chi connectivity index (χ1v) is 10.4. The number of ether oxygens (including phenoxy) is 2. The van der Waals surface area contributed by atoms with Crippen molar-refractivity contribution in [1.29, 1.82) is 0 Å². The third-order valence-electron chi connectivity index (χ3n) is 5.17. The number of amides is 1. The molecular formula is C22H33N3O4. The van der Waals surface area contributed by atoms with Crippen LogP contribution in [0.15, 0.2) is 30.3 Å². The number of hydrogen-bond acceptors (Lipinski definition) is 6. The lowest BCUT2D eigenvalue weighted by Gasteiger charge is -2.42. The van der Waals surface area contributed by atoms with Crippen LogP contribution in [0.25, 0.3) is 0 Å². The van der Waals surface area contributed by atoms with Gasteiger partial charge >= 0.3 is 12.1 Å². The molecule has 0 unspecified atom stereocenters. The fourth-order valence-electron chi connectivity index (χ4n) is 3.70. The minimum atomic E-state index is -0.433. The Morgan fingerprint density at radius 2 is 1.62 bits per heavy atom. The van der Waals surface area contributed by atoms with E-state index in [1.807, 2.05) is 51.1 Å². The van der Waals surface area contributed by atoms with E-state index in [4.69, 9.17) is 9.47 Å². The fourth-order valence-corrected chi connectivity index (χ4v) is 3.70. The van der Waals surface area contributed by atoms with Crippen molar-refractivity contribution in [2.24, 2.45) is 5.92 Å². The van der Waals surface area contributed by atoms with E-state index in [2.05, 4.69) is 9.80 Å². The van der Waals surface area contributed by atoms with E-state index in [1.165, 1.54) is 0 Å². The monoisotopic (exact) mass is 403 g/mol. The molecule has 2 aliphatic rings. The largest absolute Gasteiger partial charge is 0.459 e. The van der Waals surface area contributed by atoms with Crippen molar-refractivity contribution in [3.63, 3.8) is 0 Å². The van der Waals surface area contributed by atoms with Gasteiger partial charge in [-0.3, -0.25) is 9.69 Å². The van der Waals surface area contributed by atoms with Gasteiger partial charge in [-0.25, -0.2) is 4.79 Å². The van der Waals surface area contributed by atoms with E-state index in [1.54, 1.807) is 4.90 Å². The summed E-state index contributed by atoms with van der Waals surface area (Å²) >= 11 is 0. The Bertz CT molecular complexity index is 675. The maximum absolute atomic E-state index is 12.1. The Balaban J connectivity index is 1.28. The van der Waals surface area contributed by atoms with Gasteiger partial charge in [-0.15, -0.1) is 0 Å². The second-order valence-electron chi connectivity index (χ2n) is 8.97. The summed E-state index contributed by atoms with van der Waals surface area (Å²) in [5.74, 6) is 0.339. The predicted octanol–water partition coefficient (Wildman–Crippen LogP) is 2.21. The topological polar surface area (TPSA) is 62.3 Å². The summed E-state index contributed by atoms with van der Waals surface area (Å²) in [5, 5.41) is 0. The fraction of sp³-hybridized carbons (Fsp3) is 0.636. The SMILES string of the molecule is CC(C)(C)OC(=O)CN1CCN(CC2CN(C(=O)OCc3ccccc3)C2)CC1. The molecule has 160 valence electrons. The van der Waals surface area contributed by atoms with Crippen LogP contribution in [0.3, 0.4) is 0 Å². The maximum atomic E-state index is 12.1. The quantitative estimate of drug-likeness (QED) is 0.679. The normalized spacial score (nSPS) is 18.9. The summed E-state index contributed by atoms with van der Waals surface area (Å²) in [6.45, 7) is 12.5. The first-order valence-electron chi connectivity index (χ1n) is 10.4. The lowest BCUT2D eigenvalue weighted by molar-refractivity contribution is -0.156. The van der Waals surface area contributed by atoms with Crippen molar-refractivity contribution < 1.29 is 19.1 Å². The number of rotatable bonds is 6. The number of piperazine rings is 1. The molecule has 3 rings (SSSR count). The molecule has 0 aromatic heterocycles. The summed E-state index contributed by atoms with van der Waals surface area (Å²) in [6.07, 6.45) is -0.229. The molecule has 0 spiro atoms. The Hall–Kier alpha value is -2.12. The van der Waals surface area contributed by atoms with Crippen LogP contribution in [-0.4, -0.2) is 84.7 Å². The van der Waals surface area contributed by atoms with E-state index >= 15 is 0 Å². The summed E-state index contributed by atoms with van der Waals surface area (Å²) < 4.78 is 10.8. The molecule has 1 aromatic rings. The Kier molecular flexibility index (Phi) is 7.14. The van der Waals surface area contributed by atoms with Gasteiger partial charge in [0.2, 0.25) is 0 Å². The Morgan fingerprint density at radius 1 is 1.00 bits per heavy atom. The van der Waals surface area contributed by atoms with E-state index < -0.39 is 5.60 Å². The second-order valence-corrected chi connectivity index (χ2v) is 8.97. The minimum Gasteiger partial charge on any atom is -0.459 e. The molecule has 7 nitrogen and oxygen atoms in total. The van der Waals surface area contributed by atoms with Gasteiger partial charge in [0, 0.05) is 51.7 Å². The third kappa shape index (κ3) is 7.01. The first kappa shape index (κ1) is 21.6. The maximum Gasteiger partial charge on any atom is 0.410 e. The molecule has 0 aliphatic carbocycles. The zero-order chi connectivity index (χ0) is 20.9. The minimum absolute atomic E-state index is 0.158. The van der Waals surface area contributed by atoms with Crippen molar-refractivity contribution in [3.8, 4) is 0 Å². The molecule has 0 bridgehead atoms. The molecule has 29 heavy (non-hydrogen) atoms. The average Bonchev–Trinajstić information content (AvgIpc) is 2.63. The Morgan fingerprint density at radius 3 is 2.24 bits per heavy atom. The zero-order valence-electron chi connectivity index (χ0n) is 17.8. The summed E-state index contributed by atoms with van der Waals surface area (Å²) in [7, 11) is 0. The average molecular weight is 404 g/mol. The van der Waals surface area contributed by atoms with Crippen LogP contribution in [0.5, 0.6) is 0 Å². The summed E-state index contributed by atoms with van der Waals surface area (Å²) in [5.41, 5.74) is 0.569. The van der Waals surface area contributed by atoms with Gasteiger partial charge in [-0.2, -0.15) is 0 Å².